The van der Waals surface area contributed by atoms with E-state index in [-0.39, 0.29) is 24.6 Å². The Balaban J connectivity index is 1.60. The van der Waals surface area contributed by atoms with E-state index in [4.69, 9.17) is 9.47 Å². The molecule has 3 rings (SSSR count). The summed E-state index contributed by atoms with van der Waals surface area (Å²) in [7, 11) is 1.59. The number of aromatic nitrogens is 2. The third-order valence-corrected chi connectivity index (χ3v) is 3.99. The standard InChI is InChI=1S/C20H21N3O4/c1-3-26-14-8-10-15(11-9-14)27-13-19(24)21-12-18-16-6-4-5-7-17(16)20(25)23(2)22-18/h4-11H,3,12-13H2,1-2H3,(H,21,24). The molecule has 7 heteroatoms. The highest BCUT2D eigenvalue weighted by atomic mass is 16.5. The molecule has 1 N–H and O–H groups in total. The van der Waals surface area contributed by atoms with Crippen molar-refractivity contribution in [3.05, 3.63) is 64.6 Å². The fourth-order valence-electron chi connectivity index (χ4n) is 2.69. The van der Waals surface area contributed by atoms with Gasteiger partial charge in [-0.05, 0) is 37.3 Å². The van der Waals surface area contributed by atoms with Crippen molar-refractivity contribution in [2.45, 2.75) is 13.5 Å². The van der Waals surface area contributed by atoms with Crippen LogP contribution in [0.15, 0.2) is 53.3 Å². The minimum atomic E-state index is -0.274. The molecule has 0 aliphatic rings. The van der Waals surface area contributed by atoms with Gasteiger partial charge in [0.15, 0.2) is 6.61 Å². The predicted octanol–water partition coefficient (Wildman–Crippen LogP) is 2.03. The number of nitrogens with one attached hydrogen (secondary N) is 1. The molecule has 0 saturated heterocycles. The molecule has 1 heterocycles. The van der Waals surface area contributed by atoms with Crippen molar-refractivity contribution in [3.63, 3.8) is 0 Å². The van der Waals surface area contributed by atoms with Gasteiger partial charge in [-0.15, -0.1) is 0 Å². The molecular weight excluding hydrogens is 346 g/mol. The quantitative estimate of drug-likeness (QED) is 0.691. The highest BCUT2D eigenvalue weighted by molar-refractivity contribution is 5.84. The average molecular weight is 367 g/mol. The van der Waals surface area contributed by atoms with Crippen LogP contribution in [0.4, 0.5) is 0 Å². The molecule has 0 atom stereocenters. The van der Waals surface area contributed by atoms with Gasteiger partial charge in [-0.2, -0.15) is 5.10 Å². The topological polar surface area (TPSA) is 82.4 Å². The predicted molar refractivity (Wildman–Crippen MR) is 102 cm³/mol. The average Bonchev–Trinajstić information content (AvgIpc) is 2.69. The van der Waals surface area contributed by atoms with Crippen LogP contribution in [0.5, 0.6) is 11.5 Å². The van der Waals surface area contributed by atoms with E-state index in [0.29, 0.717) is 23.4 Å². The van der Waals surface area contributed by atoms with Crippen LogP contribution in [0.2, 0.25) is 0 Å². The van der Waals surface area contributed by atoms with E-state index in [1.807, 2.05) is 19.1 Å². The van der Waals surface area contributed by atoms with Crippen LogP contribution in [0.1, 0.15) is 12.6 Å². The van der Waals surface area contributed by atoms with Crippen molar-refractivity contribution >= 4 is 16.7 Å². The lowest BCUT2D eigenvalue weighted by Crippen LogP contribution is -2.30. The smallest absolute Gasteiger partial charge is 0.274 e. The van der Waals surface area contributed by atoms with Gasteiger partial charge in [0.1, 0.15) is 11.5 Å². The van der Waals surface area contributed by atoms with Gasteiger partial charge in [-0.1, -0.05) is 18.2 Å². The van der Waals surface area contributed by atoms with Gasteiger partial charge in [-0.3, -0.25) is 9.59 Å². The third kappa shape index (κ3) is 4.44. The highest BCUT2D eigenvalue weighted by Gasteiger charge is 2.10. The van der Waals surface area contributed by atoms with Crippen molar-refractivity contribution in [3.8, 4) is 11.5 Å². The first kappa shape index (κ1) is 18.4. The Morgan fingerprint density at radius 3 is 2.33 bits per heavy atom. The Bertz CT molecular complexity index is 996. The summed E-state index contributed by atoms with van der Waals surface area (Å²) < 4.78 is 12.1. The SMILES string of the molecule is CCOc1ccc(OCC(=O)NCc2nn(C)c(=O)c3ccccc23)cc1. The molecule has 0 bridgehead atoms. The molecule has 2 aromatic carbocycles. The molecule has 0 unspecified atom stereocenters. The number of fused-ring (bicyclic) bond motifs is 1. The minimum absolute atomic E-state index is 0.113. The molecule has 0 spiro atoms. The number of nitrogens with zero attached hydrogens (tertiary/aromatic N) is 2. The Morgan fingerprint density at radius 2 is 1.67 bits per heavy atom. The first-order valence-electron chi connectivity index (χ1n) is 8.65. The van der Waals surface area contributed by atoms with Crippen molar-refractivity contribution in [2.24, 2.45) is 7.05 Å². The zero-order valence-electron chi connectivity index (χ0n) is 15.3. The largest absolute Gasteiger partial charge is 0.494 e. The van der Waals surface area contributed by atoms with E-state index >= 15 is 0 Å². The van der Waals surface area contributed by atoms with Crippen LogP contribution in [-0.2, 0) is 18.4 Å². The number of aryl methyl sites for hydroxylation is 1. The van der Waals surface area contributed by atoms with Crippen LogP contribution < -0.4 is 20.3 Å². The first-order chi connectivity index (χ1) is 13.1. The maximum atomic E-state index is 12.1. The van der Waals surface area contributed by atoms with E-state index in [2.05, 4.69) is 10.4 Å². The van der Waals surface area contributed by atoms with E-state index in [9.17, 15) is 9.59 Å². The van der Waals surface area contributed by atoms with Crippen LogP contribution in [-0.4, -0.2) is 28.9 Å². The lowest BCUT2D eigenvalue weighted by Gasteiger charge is -2.10. The van der Waals surface area contributed by atoms with E-state index in [1.165, 1.54) is 4.68 Å². The molecule has 27 heavy (non-hydrogen) atoms. The molecular formula is C20H21N3O4. The maximum absolute atomic E-state index is 12.1. The van der Waals surface area contributed by atoms with E-state index < -0.39 is 0 Å². The first-order valence-corrected chi connectivity index (χ1v) is 8.65. The van der Waals surface area contributed by atoms with Gasteiger partial charge >= 0.3 is 0 Å². The molecule has 140 valence electrons. The van der Waals surface area contributed by atoms with Crippen molar-refractivity contribution in [2.75, 3.05) is 13.2 Å². The second-order valence-corrected chi connectivity index (χ2v) is 5.89. The Labute approximate surface area is 156 Å². The van der Waals surface area contributed by atoms with Gasteiger partial charge in [0.2, 0.25) is 0 Å². The summed E-state index contributed by atoms with van der Waals surface area (Å²) in [6.45, 7) is 2.60. The number of rotatable bonds is 7. The van der Waals surface area contributed by atoms with Crippen molar-refractivity contribution < 1.29 is 14.3 Å². The number of hydrogen-bond acceptors (Lipinski definition) is 5. The zero-order valence-corrected chi connectivity index (χ0v) is 15.3. The summed E-state index contributed by atoms with van der Waals surface area (Å²) in [4.78, 5) is 24.2. The molecule has 0 aliphatic carbocycles. The second kappa shape index (κ2) is 8.35. The summed E-state index contributed by atoms with van der Waals surface area (Å²) in [5.74, 6) is 1.06. The van der Waals surface area contributed by atoms with Gasteiger partial charge in [-0.25, -0.2) is 4.68 Å². The van der Waals surface area contributed by atoms with E-state index in [1.54, 1.807) is 43.4 Å². The van der Waals surface area contributed by atoms with Gasteiger partial charge in [0, 0.05) is 12.4 Å². The Hall–Kier alpha value is -3.35. The van der Waals surface area contributed by atoms with E-state index in [0.717, 1.165) is 11.1 Å². The van der Waals surface area contributed by atoms with Crippen LogP contribution in [0.3, 0.4) is 0 Å². The number of ether oxygens (including phenoxy) is 2. The summed E-state index contributed by atoms with van der Waals surface area (Å²) in [6, 6.07) is 14.3. The molecule has 1 aromatic heterocycles. The number of carbonyl (C=O) groups excluding carboxylic acids is 1. The Kier molecular flexibility index (Phi) is 5.71. The molecule has 3 aromatic rings. The molecule has 1 amide bonds. The lowest BCUT2D eigenvalue weighted by atomic mass is 10.1. The fraction of sp³-hybridized carbons (Fsp3) is 0.250. The molecule has 7 nitrogen and oxygen atoms in total. The minimum Gasteiger partial charge on any atom is -0.494 e. The lowest BCUT2D eigenvalue weighted by molar-refractivity contribution is -0.123. The second-order valence-electron chi connectivity index (χ2n) is 5.89. The summed E-state index contributed by atoms with van der Waals surface area (Å²) in [6.07, 6.45) is 0. The third-order valence-electron chi connectivity index (χ3n) is 3.99. The Morgan fingerprint density at radius 1 is 1.04 bits per heavy atom. The number of benzene rings is 2. The maximum Gasteiger partial charge on any atom is 0.274 e. The molecule has 0 aliphatic heterocycles. The number of amides is 1. The van der Waals surface area contributed by atoms with Gasteiger partial charge < -0.3 is 14.8 Å². The van der Waals surface area contributed by atoms with Crippen LogP contribution in [0.25, 0.3) is 10.8 Å². The summed E-state index contributed by atoms with van der Waals surface area (Å²) in [5, 5.41) is 8.33. The van der Waals surface area contributed by atoms with Crippen LogP contribution >= 0.6 is 0 Å². The number of hydrogen-bond donors (Lipinski definition) is 1. The monoisotopic (exact) mass is 367 g/mol. The fourth-order valence-corrected chi connectivity index (χ4v) is 2.69. The van der Waals surface area contributed by atoms with Crippen LogP contribution in [0, 0.1) is 0 Å². The molecule has 0 radical (unpaired) electrons. The molecule has 0 saturated carbocycles. The molecule has 0 fully saturated rings. The summed E-state index contributed by atoms with van der Waals surface area (Å²) >= 11 is 0. The van der Waals surface area contributed by atoms with Crippen molar-refractivity contribution in [1.82, 2.24) is 15.1 Å². The normalized spacial score (nSPS) is 10.6. The van der Waals surface area contributed by atoms with Crippen molar-refractivity contribution in [1.29, 1.82) is 0 Å². The zero-order chi connectivity index (χ0) is 19.2. The number of carbonyl (C=O) groups is 1. The van der Waals surface area contributed by atoms with Gasteiger partial charge in [0.25, 0.3) is 11.5 Å². The summed E-state index contributed by atoms with van der Waals surface area (Å²) in [5.41, 5.74) is 0.460. The van der Waals surface area contributed by atoms with Gasteiger partial charge in [0.05, 0.1) is 24.2 Å². The highest BCUT2D eigenvalue weighted by Crippen LogP contribution is 2.17.